The van der Waals surface area contributed by atoms with Gasteiger partial charge in [0.05, 0.1) is 6.54 Å². The molecule has 3 N–H and O–H groups in total. The molecule has 0 fully saturated rings. The van der Waals surface area contributed by atoms with Crippen molar-refractivity contribution in [1.82, 2.24) is 0 Å². The average molecular weight is 280 g/mol. The second-order valence-electron chi connectivity index (χ2n) is 4.56. The minimum atomic E-state index is -1.13. The Morgan fingerprint density at radius 2 is 2.10 bits per heavy atom. The summed E-state index contributed by atoms with van der Waals surface area (Å²) in [4.78, 5) is 23.4. The summed E-state index contributed by atoms with van der Waals surface area (Å²) in [7, 11) is 0. The van der Waals surface area contributed by atoms with E-state index in [4.69, 9.17) is 10.8 Å². The monoisotopic (exact) mass is 280 g/mol. The molecule has 0 saturated heterocycles. The summed E-state index contributed by atoms with van der Waals surface area (Å²) < 4.78 is 13.3. The van der Waals surface area contributed by atoms with Crippen LogP contribution < -0.4 is 10.6 Å². The van der Waals surface area contributed by atoms with Crippen molar-refractivity contribution in [2.45, 2.75) is 19.9 Å². The molecule has 1 aromatic rings. The Bertz CT molecular complexity index is 541. The SMILES string of the molecule is CC(C)N(CC(N)=O)c1ccc(F)cc1C=CC(=O)O. The van der Waals surface area contributed by atoms with E-state index in [9.17, 15) is 14.0 Å². The van der Waals surface area contributed by atoms with Gasteiger partial charge in [0, 0.05) is 23.4 Å². The van der Waals surface area contributed by atoms with Crippen LogP contribution in [0.3, 0.4) is 0 Å². The Hall–Kier alpha value is -2.37. The number of benzene rings is 1. The lowest BCUT2D eigenvalue weighted by Crippen LogP contribution is -2.39. The summed E-state index contributed by atoms with van der Waals surface area (Å²) in [5.74, 6) is -2.14. The predicted octanol–water partition coefficient (Wildman–Crippen LogP) is 1.62. The first-order valence-corrected chi connectivity index (χ1v) is 6.06. The van der Waals surface area contributed by atoms with E-state index >= 15 is 0 Å². The van der Waals surface area contributed by atoms with Crippen molar-refractivity contribution in [2.24, 2.45) is 5.73 Å². The Kier molecular flexibility index (Phi) is 5.25. The van der Waals surface area contributed by atoms with Gasteiger partial charge in [0.2, 0.25) is 5.91 Å². The zero-order valence-electron chi connectivity index (χ0n) is 11.3. The molecule has 1 amide bonds. The maximum atomic E-state index is 13.3. The van der Waals surface area contributed by atoms with Crippen molar-refractivity contribution in [1.29, 1.82) is 0 Å². The van der Waals surface area contributed by atoms with Crippen LogP contribution in [0.2, 0.25) is 0 Å². The molecule has 0 unspecified atom stereocenters. The molecule has 0 aromatic heterocycles. The molecule has 20 heavy (non-hydrogen) atoms. The molecule has 0 bridgehead atoms. The predicted molar refractivity (Wildman–Crippen MR) is 74.7 cm³/mol. The quantitative estimate of drug-likeness (QED) is 0.776. The van der Waals surface area contributed by atoms with Gasteiger partial charge in [-0.15, -0.1) is 0 Å². The lowest BCUT2D eigenvalue weighted by atomic mass is 10.1. The summed E-state index contributed by atoms with van der Waals surface area (Å²) in [5.41, 5.74) is 6.13. The highest BCUT2D eigenvalue weighted by atomic mass is 19.1. The number of carboxylic acid groups (broad SMARTS) is 1. The van der Waals surface area contributed by atoms with Gasteiger partial charge in [-0.2, -0.15) is 0 Å². The number of nitrogens with two attached hydrogens (primary N) is 1. The highest BCUT2D eigenvalue weighted by Gasteiger charge is 2.16. The van der Waals surface area contributed by atoms with Crippen LogP contribution in [0.5, 0.6) is 0 Å². The Morgan fingerprint density at radius 1 is 1.45 bits per heavy atom. The van der Waals surface area contributed by atoms with Gasteiger partial charge in [0.25, 0.3) is 0 Å². The van der Waals surface area contributed by atoms with Crippen LogP contribution in [0.25, 0.3) is 6.08 Å². The Morgan fingerprint density at radius 3 is 2.60 bits per heavy atom. The molecule has 0 saturated carbocycles. The number of carboxylic acids is 1. The molecule has 0 atom stereocenters. The van der Waals surface area contributed by atoms with Gasteiger partial charge < -0.3 is 15.7 Å². The van der Waals surface area contributed by atoms with Crippen LogP contribution in [-0.2, 0) is 9.59 Å². The van der Waals surface area contributed by atoms with E-state index in [-0.39, 0.29) is 12.6 Å². The second kappa shape index (κ2) is 6.70. The number of aliphatic carboxylic acids is 1. The van der Waals surface area contributed by atoms with E-state index in [1.807, 2.05) is 13.8 Å². The van der Waals surface area contributed by atoms with Crippen molar-refractivity contribution < 1.29 is 19.1 Å². The molecule has 1 aromatic carbocycles. The minimum Gasteiger partial charge on any atom is -0.478 e. The molecule has 0 heterocycles. The molecule has 6 heteroatoms. The van der Waals surface area contributed by atoms with Gasteiger partial charge in [-0.25, -0.2) is 9.18 Å². The maximum absolute atomic E-state index is 13.3. The van der Waals surface area contributed by atoms with Crippen LogP contribution in [-0.4, -0.2) is 29.6 Å². The van der Waals surface area contributed by atoms with Gasteiger partial charge in [-0.3, -0.25) is 4.79 Å². The first-order valence-electron chi connectivity index (χ1n) is 6.06. The van der Waals surface area contributed by atoms with Crippen molar-refractivity contribution in [2.75, 3.05) is 11.4 Å². The lowest BCUT2D eigenvalue weighted by Gasteiger charge is -2.29. The number of hydrogen-bond donors (Lipinski definition) is 2. The van der Waals surface area contributed by atoms with Crippen LogP contribution in [0.15, 0.2) is 24.3 Å². The first kappa shape index (κ1) is 15.7. The normalized spacial score (nSPS) is 11.0. The molecule has 0 aliphatic rings. The highest BCUT2D eigenvalue weighted by Crippen LogP contribution is 2.25. The van der Waals surface area contributed by atoms with Gasteiger partial charge in [0.1, 0.15) is 5.82 Å². The first-order chi connectivity index (χ1) is 9.31. The molecule has 0 spiro atoms. The Labute approximate surface area is 116 Å². The van der Waals surface area contributed by atoms with Crippen molar-refractivity contribution in [3.63, 3.8) is 0 Å². The van der Waals surface area contributed by atoms with E-state index in [2.05, 4.69) is 0 Å². The van der Waals surface area contributed by atoms with E-state index in [0.29, 0.717) is 11.3 Å². The van der Waals surface area contributed by atoms with E-state index in [0.717, 1.165) is 6.08 Å². The highest BCUT2D eigenvalue weighted by molar-refractivity contribution is 5.88. The smallest absolute Gasteiger partial charge is 0.328 e. The van der Waals surface area contributed by atoms with Crippen LogP contribution in [0.1, 0.15) is 19.4 Å². The fourth-order valence-electron chi connectivity index (χ4n) is 1.80. The number of halogens is 1. The third kappa shape index (κ3) is 4.38. The third-order valence-electron chi connectivity index (χ3n) is 2.65. The van der Waals surface area contributed by atoms with E-state index in [1.54, 1.807) is 4.90 Å². The number of nitrogens with zero attached hydrogens (tertiary/aromatic N) is 1. The summed E-state index contributed by atoms with van der Waals surface area (Å²) in [6.45, 7) is 3.69. The summed E-state index contributed by atoms with van der Waals surface area (Å²) in [5, 5.41) is 8.66. The fourth-order valence-corrected chi connectivity index (χ4v) is 1.80. The molecule has 0 aliphatic carbocycles. The van der Waals surface area contributed by atoms with Gasteiger partial charge in [-0.05, 0) is 38.1 Å². The van der Waals surface area contributed by atoms with Crippen molar-refractivity contribution >= 4 is 23.6 Å². The topological polar surface area (TPSA) is 83.6 Å². The molecule has 108 valence electrons. The second-order valence-corrected chi connectivity index (χ2v) is 4.56. The Balaban J connectivity index is 3.26. The lowest BCUT2D eigenvalue weighted by molar-refractivity contribution is -0.131. The minimum absolute atomic E-state index is 0.0305. The number of amides is 1. The molecular formula is C14H17FN2O3. The summed E-state index contributed by atoms with van der Waals surface area (Å²) in [6, 6.07) is 3.92. The van der Waals surface area contributed by atoms with Crippen LogP contribution in [0.4, 0.5) is 10.1 Å². The summed E-state index contributed by atoms with van der Waals surface area (Å²) in [6.07, 6.45) is 2.21. The largest absolute Gasteiger partial charge is 0.478 e. The fraction of sp³-hybridized carbons (Fsp3) is 0.286. The maximum Gasteiger partial charge on any atom is 0.328 e. The average Bonchev–Trinajstić information content (AvgIpc) is 2.33. The van der Waals surface area contributed by atoms with Crippen LogP contribution >= 0.6 is 0 Å². The molecular weight excluding hydrogens is 263 g/mol. The number of carbonyl (C=O) groups is 2. The number of carbonyl (C=O) groups excluding carboxylic acids is 1. The van der Waals surface area contributed by atoms with Gasteiger partial charge >= 0.3 is 5.97 Å². The third-order valence-corrected chi connectivity index (χ3v) is 2.65. The van der Waals surface area contributed by atoms with Crippen molar-refractivity contribution in [3.8, 4) is 0 Å². The van der Waals surface area contributed by atoms with Crippen LogP contribution in [0, 0.1) is 5.82 Å². The number of anilines is 1. The van der Waals surface area contributed by atoms with E-state index in [1.165, 1.54) is 24.3 Å². The van der Waals surface area contributed by atoms with Gasteiger partial charge in [0.15, 0.2) is 0 Å². The molecule has 0 aliphatic heterocycles. The number of hydrogen-bond acceptors (Lipinski definition) is 3. The summed E-state index contributed by atoms with van der Waals surface area (Å²) >= 11 is 0. The van der Waals surface area contributed by atoms with E-state index < -0.39 is 17.7 Å². The number of primary amides is 1. The van der Waals surface area contributed by atoms with Gasteiger partial charge in [-0.1, -0.05) is 0 Å². The number of rotatable bonds is 6. The standard InChI is InChI=1S/C14H17FN2O3/c1-9(2)17(8-13(16)18)12-5-4-11(15)7-10(12)3-6-14(19)20/h3-7,9H,8H2,1-2H3,(H2,16,18)(H,19,20). The zero-order valence-corrected chi connectivity index (χ0v) is 11.3. The van der Waals surface area contributed by atoms with Crippen molar-refractivity contribution in [3.05, 3.63) is 35.7 Å². The molecule has 5 nitrogen and oxygen atoms in total. The molecule has 1 rings (SSSR count). The molecule has 0 radical (unpaired) electrons. The zero-order chi connectivity index (χ0) is 15.3.